The van der Waals surface area contributed by atoms with E-state index in [1.54, 1.807) is 6.92 Å². The molecule has 1 aromatic rings. The third-order valence-electron chi connectivity index (χ3n) is 2.32. The Bertz CT molecular complexity index is 507. The quantitative estimate of drug-likeness (QED) is 0.804. The second-order valence-electron chi connectivity index (χ2n) is 3.84. The third kappa shape index (κ3) is 4.01. The summed E-state index contributed by atoms with van der Waals surface area (Å²) in [6.07, 6.45) is 0. The summed E-state index contributed by atoms with van der Waals surface area (Å²) in [5.74, 6) is -0.580. The molecule has 0 saturated heterocycles. The van der Waals surface area contributed by atoms with Gasteiger partial charge in [-0.05, 0) is 24.6 Å². The predicted octanol–water partition coefficient (Wildman–Crippen LogP) is 1.82. The van der Waals surface area contributed by atoms with Gasteiger partial charge in [-0.15, -0.1) is 0 Å². The highest BCUT2D eigenvalue weighted by molar-refractivity contribution is 9.09. The topological polar surface area (TPSA) is 55.4 Å². The molecule has 1 aromatic carbocycles. The van der Waals surface area contributed by atoms with Gasteiger partial charge in [0, 0.05) is 12.4 Å². The van der Waals surface area contributed by atoms with Gasteiger partial charge in [0.15, 0.2) is 0 Å². The first-order chi connectivity index (χ1) is 8.40. The molecule has 0 aliphatic rings. The maximum atomic E-state index is 13.1. The number of halogens is 2. The summed E-state index contributed by atoms with van der Waals surface area (Å²) in [5, 5.41) is 0.411. The molecule has 0 radical (unpaired) electrons. The summed E-state index contributed by atoms with van der Waals surface area (Å²) in [7, 11) is -2.26. The number of hydrogen-bond donors (Lipinski definition) is 1. The predicted molar refractivity (Wildman–Crippen MR) is 70.9 cm³/mol. The summed E-state index contributed by atoms with van der Waals surface area (Å²) in [4.78, 5) is -0.0513. The summed E-state index contributed by atoms with van der Waals surface area (Å²) in [5.41, 5.74) is 0.495. The monoisotopic (exact) mass is 339 g/mol. The van der Waals surface area contributed by atoms with Crippen molar-refractivity contribution >= 4 is 26.0 Å². The van der Waals surface area contributed by atoms with Crippen LogP contribution >= 0.6 is 15.9 Å². The second-order valence-corrected chi connectivity index (χ2v) is 6.17. The van der Waals surface area contributed by atoms with Crippen LogP contribution in [0.15, 0.2) is 23.1 Å². The molecular weight excluding hydrogens is 325 g/mol. The van der Waals surface area contributed by atoms with Gasteiger partial charge < -0.3 is 4.74 Å². The van der Waals surface area contributed by atoms with E-state index >= 15 is 0 Å². The molecule has 0 fully saturated rings. The van der Waals surface area contributed by atoms with Crippen molar-refractivity contribution in [3.8, 4) is 0 Å². The molecular formula is C11H15BrFNO3S. The lowest BCUT2D eigenvalue weighted by atomic mass is 10.2. The summed E-state index contributed by atoms with van der Waals surface area (Å²) < 4.78 is 44.7. The van der Waals surface area contributed by atoms with Gasteiger partial charge in [-0.1, -0.05) is 22.0 Å². The highest BCUT2D eigenvalue weighted by Gasteiger charge is 2.21. The largest absolute Gasteiger partial charge is 0.383 e. The van der Waals surface area contributed by atoms with Gasteiger partial charge in [-0.2, -0.15) is 0 Å². The Hall–Kier alpha value is -0.500. The number of rotatable bonds is 6. The van der Waals surface area contributed by atoms with Gasteiger partial charge >= 0.3 is 0 Å². The van der Waals surface area contributed by atoms with Crippen molar-refractivity contribution in [3.05, 3.63) is 29.6 Å². The molecule has 1 unspecified atom stereocenters. The molecule has 4 nitrogen and oxygen atoms in total. The van der Waals surface area contributed by atoms with Crippen LogP contribution in [0, 0.1) is 12.7 Å². The fourth-order valence-corrected chi connectivity index (χ4v) is 3.50. The Morgan fingerprint density at radius 1 is 1.50 bits per heavy atom. The van der Waals surface area contributed by atoms with Crippen LogP contribution in [0.5, 0.6) is 0 Å². The lowest BCUT2D eigenvalue weighted by Gasteiger charge is -2.16. The molecule has 0 aromatic heterocycles. The molecule has 0 bridgehead atoms. The summed E-state index contributed by atoms with van der Waals surface area (Å²) in [6.45, 7) is 1.85. The Morgan fingerprint density at radius 3 is 2.72 bits per heavy atom. The molecule has 0 heterocycles. The standard InChI is InChI=1S/C11H15BrFNO3S/c1-8-3-4-9(13)5-11(8)18(15,16)14-10(6-12)7-17-2/h3-5,10,14H,6-7H2,1-2H3. The van der Waals surface area contributed by atoms with E-state index in [1.807, 2.05) is 0 Å². The summed E-state index contributed by atoms with van der Waals surface area (Å²) in [6, 6.07) is 3.27. The van der Waals surface area contributed by atoms with Crippen molar-refractivity contribution in [3.63, 3.8) is 0 Å². The normalized spacial score (nSPS) is 13.6. The number of aryl methyl sites for hydroxylation is 1. The van der Waals surface area contributed by atoms with Gasteiger partial charge in [-0.25, -0.2) is 17.5 Å². The van der Waals surface area contributed by atoms with Crippen LogP contribution in [0.2, 0.25) is 0 Å². The minimum atomic E-state index is -3.75. The molecule has 0 aliphatic carbocycles. The lowest BCUT2D eigenvalue weighted by molar-refractivity contribution is 0.182. The van der Waals surface area contributed by atoms with Crippen LogP contribution in [-0.4, -0.2) is 33.5 Å². The van der Waals surface area contributed by atoms with Crippen molar-refractivity contribution in [2.24, 2.45) is 0 Å². The third-order valence-corrected chi connectivity index (χ3v) is 4.76. The minimum absolute atomic E-state index is 0.0513. The van der Waals surface area contributed by atoms with Crippen LogP contribution < -0.4 is 4.72 Å². The van der Waals surface area contributed by atoms with Gasteiger partial charge in [-0.3, -0.25) is 0 Å². The Kier molecular flexibility index (Phi) is 5.71. The van der Waals surface area contributed by atoms with E-state index < -0.39 is 21.9 Å². The molecule has 1 rings (SSSR count). The number of hydrogen-bond acceptors (Lipinski definition) is 3. The Labute approximate surface area is 115 Å². The van der Waals surface area contributed by atoms with E-state index in [0.29, 0.717) is 10.9 Å². The van der Waals surface area contributed by atoms with E-state index in [2.05, 4.69) is 20.7 Å². The molecule has 0 spiro atoms. The zero-order valence-corrected chi connectivity index (χ0v) is 12.5. The highest BCUT2D eigenvalue weighted by atomic mass is 79.9. The van der Waals surface area contributed by atoms with E-state index in [-0.39, 0.29) is 11.5 Å². The van der Waals surface area contributed by atoms with Gasteiger partial charge in [0.05, 0.1) is 17.5 Å². The maximum absolute atomic E-state index is 13.1. The van der Waals surface area contributed by atoms with Crippen LogP contribution in [0.3, 0.4) is 0 Å². The average Bonchev–Trinajstić information content (AvgIpc) is 2.31. The zero-order chi connectivity index (χ0) is 13.8. The molecule has 1 atom stereocenters. The van der Waals surface area contributed by atoms with E-state index in [1.165, 1.54) is 19.2 Å². The molecule has 18 heavy (non-hydrogen) atoms. The molecule has 0 aliphatic heterocycles. The van der Waals surface area contributed by atoms with Crippen LogP contribution in [0.25, 0.3) is 0 Å². The first kappa shape index (κ1) is 15.6. The number of methoxy groups -OCH3 is 1. The van der Waals surface area contributed by atoms with E-state index in [4.69, 9.17) is 4.74 Å². The number of nitrogens with one attached hydrogen (secondary N) is 1. The van der Waals surface area contributed by atoms with Gasteiger partial charge in [0.2, 0.25) is 10.0 Å². The van der Waals surface area contributed by atoms with Gasteiger partial charge in [0.25, 0.3) is 0 Å². The zero-order valence-electron chi connectivity index (χ0n) is 10.1. The molecule has 7 heteroatoms. The number of alkyl halides is 1. The van der Waals surface area contributed by atoms with Crippen molar-refractivity contribution < 1.29 is 17.5 Å². The van der Waals surface area contributed by atoms with E-state index in [9.17, 15) is 12.8 Å². The fraction of sp³-hybridized carbons (Fsp3) is 0.455. The van der Waals surface area contributed by atoms with E-state index in [0.717, 1.165) is 6.07 Å². The number of ether oxygens (including phenoxy) is 1. The maximum Gasteiger partial charge on any atom is 0.241 e. The lowest BCUT2D eigenvalue weighted by Crippen LogP contribution is -2.39. The van der Waals surface area contributed by atoms with Gasteiger partial charge in [0.1, 0.15) is 5.82 Å². The van der Waals surface area contributed by atoms with Crippen molar-refractivity contribution in [2.75, 3.05) is 19.0 Å². The Balaban J connectivity index is 3.02. The van der Waals surface area contributed by atoms with Crippen molar-refractivity contribution in [1.82, 2.24) is 4.72 Å². The highest BCUT2D eigenvalue weighted by Crippen LogP contribution is 2.16. The molecule has 1 N–H and O–H groups in total. The average molecular weight is 340 g/mol. The summed E-state index contributed by atoms with van der Waals surface area (Å²) >= 11 is 3.19. The fourth-order valence-electron chi connectivity index (χ4n) is 1.46. The van der Waals surface area contributed by atoms with Crippen LogP contribution in [-0.2, 0) is 14.8 Å². The smallest absolute Gasteiger partial charge is 0.241 e. The second kappa shape index (κ2) is 6.60. The van der Waals surface area contributed by atoms with Crippen molar-refractivity contribution in [2.45, 2.75) is 17.9 Å². The molecule has 0 saturated carbocycles. The first-order valence-corrected chi connectivity index (χ1v) is 7.84. The van der Waals surface area contributed by atoms with Crippen molar-refractivity contribution in [1.29, 1.82) is 0 Å². The molecule has 0 amide bonds. The molecule has 102 valence electrons. The number of sulfonamides is 1. The minimum Gasteiger partial charge on any atom is -0.383 e. The first-order valence-electron chi connectivity index (χ1n) is 5.24. The SMILES string of the molecule is COCC(CBr)NS(=O)(=O)c1cc(F)ccc1C. The number of benzene rings is 1. The Morgan fingerprint density at radius 2 is 2.17 bits per heavy atom. The van der Waals surface area contributed by atoms with Crippen LogP contribution in [0.1, 0.15) is 5.56 Å². The van der Waals surface area contributed by atoms with Crippen LogP contribution in [0.4, 0.5) is 4.39 Å².